The lowest BCUT2D eigenvalue weighted by atomic mass is 9.89. The molecule has 1 aliphatic carbocycles. The Morgan fingerprint density at radius 3 is 3.06 bits per heavy atom. The standard InChI is InChI=1S/C14H19NO3/c1-10-4-2-6-12(8-10)18-9-11-5-3-7-13(15-11)14(16)17/h3,5,7,10,12H,2,4,6,8-9H2,1H3,(H,16,17). The molecule has 2 unspecified atom stereocenters. The predicted molar refractivity (Wildman–Crippen MR) is 67.4 cm³/mol. The van der Waals surface area contributed by atoms with Crippen molar-refractivity contribution >= 4 is 5.97 Å². The Kier molecular flexibility index (Phi) is 4.31. The maximum atomic E-state index is 10.8. The Bertz CT molecular complexity index is 419. The topological polar surface area (TPSA) is 59.4 Å². The number of aromatic carboxylic acids is 1. The van der Waals surface area contributed by atoms with Crippen LogP contribution in [0.2, 0.25) is 0 Å². The van der Waals surface area contributed by atoms with Crippen molar-refractivity contribution in [3.8, 4) is 0 Å². The molecule has 1 aromatic rings. The largest absolute Gasteiger partial charge is 0.477 e. The van der Waals surface area contributed by atoms with E-state index < -0.39 is 5.97 Å². The minimum absolute atomic E-state index is 0.0770. The zero-order valence-electron chi connectivity index (χ0n) is 10.6. The van der Waals surface area contributed by atoms with E-state index in [1.165, 1.54) is 18.9 Å². The van der Waals surface area contributed by atoms with Crippen LogP contribution in [0.3, 0.4) is 0 Å². The smallest absolute Gasteiger partial charge is 0.354 e. The number of carboxylic acids is 1. The van der Waals surface area contributed by atoms with Gasteiger partial charge in [0.15, 0.2) is 0 Å². The van der Waals surface area contributed by atoms with Crippen molar-refractivity contribution < 1.29 is 14.6 Å². The van der Waals surface area contributed by atoms with Crippen LogP contribution in [0.5, 0.6) is 0 Å². The van der Waals surface area contributed by atoms with Gasteiger partial charge in [-0.1, -0.05) is 25.8 Å². The molecule has 0 aromatic carbocycles. The van der Waals surface area contributed by atoms with E-state index in [0.717, 1.165) is 18.8 Å². The monoisotopic (exact) mass is 249 g/mol. The molecule has 4 nitrogen and oxygen atoms in total. The van der Waals surface area contributed by atoms with Gasteiger partial charge < -0.3 is 9.84 Å². The molecule has 1 aromatic heterocycles. The molecule has 0 aliphatic heterocycles. The first-order valence-electron chi connectivity index (χ1n) is 6.46. The predicted octanol–water partition coefficient (Wildman–Crippen LogP) is 2.88. The van der Waals surface area contributed by atoms with Crippen LogP contribution in [0.25, 0.3) is 0 Å². The zero-order chi connectivity index (χ0) is 13.0. The van der Waals surface area contributed by atoms with E-state index in [1.54, 1.807) is 12.1 Å². The van der Waals surface area contributed by atoms with Crippen LogP contribution in [0.15, 0.2) is 18.2 Å². The number of carboxylic acid groups (broad SMARTS) is 1. The lowest BCUT2D eigenvalue weighted by Crippen LogP contribution is -2.21. The molecule has 98 valence electrons. The van der Waals surface area contributed by atoms with E-state index in [0.29, 0.717) is 18.4 Å². The normalized spacial score (nSPS) is 23.8. The lowest BCUT2D eigenvalue weighted by molar-refractivity contribution is 0.00314. The minimum atomic E-state index is -0.997. The molecule has 0 saturated heterocycles. The number of aromatic nitrogens is 1. The van der Waals surface area contributed by atoms with Gasteiger partial charge in [0, 0.05) is 0 Å². The van der Waals surface area contributed by atoms with Crippen molar-refractivity contribution in [2.45, 2.75) is 45.3 Å². The SMILES string of the molecule is CC1CCCC(OCc2cccc(C(=O)O)n2)C1. The van der Waals surface area contributed by atoms with Crippen molar-refractivity contribution in [3.63, 3.8) is 0 Å². The van der Waals surface area contributed by atoms with Crippen molar-refractivity contribution in [2.75, 3.05) is 0 Å². The third-order valence-electron chi connectivity index (χ3n) is 3.38. The summed E-state index contributed by atoms with van der Waals surface area (Å²) < 4.78 is 5.82. The van der Waals surface area contributed by atoms with Crippen molar-refractivity contribution in [2.24, 2.45) is 5.92 Å². The minimum Gasteiger partial charge on any atom is -0.477 e. The number of rotatable bonds is 4. The van der Waals surface area contributed by atoms with Gasteiger partial charge in [-0.25, -0.2) is 9.78 Å². The van der Waals surface area contributed by atoms with Crippen molar-refractivity contribution in [3.05, 3.63) is 29.6 Å². The summed E-state index contributed by atoms with van der Waals surface area (Å²) >= 11 is 0. The summed E-state index contributed by atoms with van der Waals surface area (Å²) in [6.07, 6.45) is 4.99. The number of hydrogen-bond acceptors (Lipinski definition) is 3. The quantitative estimate of drug-likeness (QED) is 0.891. The molecular weight excluding hydrogens is 230 g/mol. The summed E-state index contributed by atoms with van der Waals surface area (Å²) in [5.74, 6) is -0.273. The molecule has 1 N–H and O–H groups in total. The molecule has 1 heterocycles. The second-order valence-electron chi connectivity index (χ2n) is 5.02. The van der Waals surface area contributed by atoms with Crippen LogP contribution in [0.1, 0.15) is 48.8 Å². The zero-order valence-corrected chi connectivity index (χ0v) is 10.6. The molecule has 4 heteroatoms. The molecule has 2 atom stereocenters. The number of ether oxygens (including phenoxy) is 1. The van der Waals surface area contributed by atoms with E-state index in [1.807, 2.05) is 0 Å². The van der Waals surface area contributed by atoms with E-state index in [9.17, 15) is 4.79 Å². The summed E-state index contributed by atoms with van der Waals surface area (Å²) in [7, 11) is 0. The number of pyridine rings is 1. The Morgan fingerprint density at radius 2 is 2.33 bits per heavy atom. The fraction of sp³-hybridized carbons (Fsp3) is 0.571. The molecule has 1 fully saturated rings. The second-order valence-corrected chi connectivity index (χ2v) is 5.02. The number of hydrogen-bond donors (Lipinski definition) is 1. The van der Waals surface area contributed by atoms with Crippen LogP contribution < -0.4 is 0 Å². The van der Waals surface area contributed by atoms with Gasteiger partial charge in [0.25, 0.3) is 0 Å². The van der Waals surface area contributed by atoms with E-state index >= 15 is 0 Å². The molecule has 0 radical (unpaired) electrons. The molecular formula is C14H19NO3. The summed E-state index contributed by atoms with van der Waals surface area (Å²) in [6.45, 7) is 2.65. The third kappa shape index (κ3) is 3.53. The molecule has 1 saturated carbocycles. The first kappa shape index (κ1) is 13.0. The highest BCUT2D eigenvalue weighted by molar-refractivity contribution is 5.85. The van der Waals surface area contributed by atoms with Gasteiger partial charge in [-0.05, 0) is 30.9 Å². The Labute approximate surface area is 107 Å². The van der Waals surface area contributed by atoms with Crippen molar-refractivity contribution in [1.82, 2.24) is 4.98 Å². The van der Waals surface area contributed by atoms with E-state index in [4.69, 9.17) is 9.84 Å². The fourth-order valence-corrected chi connectivity index (χ4v) is 2.41. The van der Waals surface area contributed by atoms with Crippen LogP contribution in [-0.4, -0.2) is 22.2 Å². The summed E-state index contributed by atoms with van der Waals surface area (Å²) in [6, 6.07) is 5.01. The van der Waals surface area contributed by atoms with Gasteiger partial charge in [0.1, 0.15) is 5.69 Å². The van der Waals surface area contributed by atoms with Crippen molar-refractivity contribution in [1.29, 1.82) is 0 Å². The van der Waals surface area contributed by atoms with Crippen LogP contribution in [0.4, 0.5) is 0 Å². The lowest BCUT2D eigenvalue weighted by Gasteiger charge is -2.26. The molecule has 0 bridgehead atoms. The first-order chi connectivity index (χ1) is 8.65. The highest BCUT2D eigenvalue weighted by Crippen LogP contribution is 2.26. The summed E-state index contributed by atoms with van der Waals surface area (Å²) in [5.41, 5.74) is 0.765. The molecule has 0 spiro atoms. The number of nitrogens with zero attached hydrogens (tertiary/aromatic N) is 1. The van der Waals surface area contributed by atoms with Gasteiger partial charge in [-0.15, -0.1) is 0 Å². The van der Waals surface area contributed by atoms with Gasteiger partial charge in [0.2, 0.25) is 0 Å². The van der Waals surface area contributed by atoms with Crippen LogP contribution in [0, 0.1) is 5.92 Å². The summed E-state index contributed by atoms with van der Waals surface area (Å²) in [5, 5.41) is 8.86. The summed E-state index contributed by atoms with van der Waals surface area (Å²) in [4.78, 5) is 14.8. The maximum Gasteiger partial charge on any atom is 0.354 e. The fourth-order valence-electron chi connectivity index (χ4n) is 2.41. The molecule has 2 rings (SSSR count). The molecule has 18 heavy (non-hydrogen) atoms. The molecule has 1 aliphatic rings. The van der Waals surface area contributed by atoms with Crippen LogP contribution >= 0.6 is 0 Å². The second kappa shape index (κ2) is 5.96. The third-order valence-corrected chi connectivity index (χ3v) is 3.38. The van der Waals surface area contributed by atoms with Gasteiger partial charge in [0.05, 0.1) is 18.4 Å². The average Bonchev–Trinajstić information content (AvgIpc) is 2.37. The highest BCUT2D eigenvalue weighted by atomic mass is 16.5. The average molecular weight is 249 g/mol. The maximum absolute atomic E-state index is 10.8. The Hall–Kier alpha value is -1.42. The highest BCUT2D eigenvalue weighted by Gasteiger charge is 2.19. The van der Waals surface area contributed by atoms with Gasteiger partial charge in [-0.3, -0.25) is 0 Å². The van der Waals surface area contributed by atoms with Crippen LogP contribution in [-0.2, 0) is 11.3 Å². The van der Waals surface area contributed by atoms with E-state index in [-0.39, 0.29) is 5.69 Å². The Morgan fingerprint density at radius 1 is 1.50 bits per heavy atom. The molecule has 0 amide bonds. The Balaban J connectivity index is 1.89. The van der Waals surface area contributed by atoms with Gasteiger partial charge >= 0.3 is 5.97 Å². The van der Waals surface area contributed by atoms with Gasteiger partial charge in [-0.2, -0.15) is 0 Å². The number of carbonyl (C=O) groups is 1. The first-order valence-corrected chi connectivity index (χ1v) is 6.46. The van der Waals surface area contributed by atoms with E-state index in [2.05, 4.69) is 11.9 Å².